The Labute approximate surface area is 116 Å². The predicted molar refractivity (Wildman–Crippen MR) is 81.3 cm³/mol. The third kappa shape index (κ3) is 1.97. The van der Waals surface area contributed by atoms with Crippen molar-refractivity contribution in [2.45, 2.75) is 26.9 Å². The van der Waals surface area contributed by atoms with Crippen LogP contribution in [0.3, 0.4) is 0 Å². The van der Waals surface area contributed by atoms with E-state index >= 15 is 0 Å². The third-order valence-electron chi connectivity index (χ3n) is 3.46. The average molecular weight is 271 g/mol. The third-order valence-corrected chi connectivity index (χ3v) is 4.32. The van der Waals surface area contributed by atoms with Crippen LogP contribution in [0.4, 0.5) is 0 Å². The minimum absolute atomic E-state index is 0.557. The SMILES string of the molecule is CCn1c(-c2cscc2C)nc2cc(CN)ccc21. The lowest BCUT2D eigenvalue weighted by Gasteiger charge is -2.05. The summed E-state index contributed by atoms with van der Waals surface area (Å²) in [5.74, 6) is 1.06. The number of hydrogen-bond donors (Lipinski definition) is 1. The van der Waals surface area contributed by atoms with Gasteiger partial charge in [-0.25, -0.2) is 4.98 Å². The van der Waals surface area contributed by atoms with E-state index in [0.717, 1.165) is 23.4 Å². The Morgan fingerprint density at radius 2 is 2.16 bits per heavy atom. The molecule has 0 saturated carbocycles. The standard InChI is InChI=1S/C15H17N3S/c1-3-18-14-5-4-11(7-16)6-13(14)17-15(18)12-9-19-8-10(12)2/h4-6,8-9H,3,7,16H2,1-2H3. The molecular weight excluding hydrogens is 254 g/mol. The van der Waals surface area contributed by atoms with Gasteiger partial charge in [0.2, 0.25) is 0 Å². The zero-order chi connectivity index (χ0) is 13.4. The molecule has 0 spiro atoms. The number of rotatable bonds is 3. The van der Waals surface area contributed by atoms with Gasteiger partial charge in [-0.15, -0.1) is 0 Å². The fourth-order valence-corrected chi connectivity index (χ4v) is 3.24. The molecule has 0 aliphatic heterocycles. The second kappa shape index (κ2) is 4.79. The van der Waals surface area contributed by atoms with E-state index in [1.165, 1.54) is 16.6 Å². The number of hydrogen-bond acceptors (Lipinski definition) is 3. The number of fused-ring (bicyclic) bond motifs is 1. The van der Waals surface area contributed by atoms with Crippen LogP contribution in [0.25, 0.3) is 22.4 Å². The van der Waals surface area contributed by atoms with Gasteiger partial charge in [0, 0.05) is 24.0 Å². The van der Waals surface area contributed by atoms with Crippen molar-refractivity contribution in [3.8, 4) is 11.4 Å². The number of aromatic nitrogens is 2. The zero-order valence-corrected chi connectivity index (χ0v) is 12.0. The fraction of sp³-hybridized carbons (Fsp3) is 0.267. The van der Waals surface area contributed by atoms with Crippen LogP contribution in [0, 0.1) is 6.92 Å². The number of benzene rings is 1. The first-order valence-electron chi connectivity index (χ1n) is 6.47. The van der Waals surface area contributed by atoms with Gasteiger partial charge in [0.1, 0.15) is 5.82 Å². The molecule has 3 nitrogen and oxygen atoms in total. The molecule has 0 atom stereocenters. The maximum atomic E-state index is 5.70. The number of nitrogens with zero attached hydrogens (tertiary/aromatic N) is 2. The van der Waals surface area contributed by atoms with Gasteiger partial charge >= 0.3 is 0 Å². The van der Waals surface area contributed by atoms with E-state index in [1.54, 1.807) is 11.3 Å². The monoisotopic (exact) mass is 271 g/mol. The minimum Gasteiger partial charge on any atom is -0.326 e. The summed E-state index contributed by atoms with van der Waals surface area (Å²) in [7, 11) is 0. The smallest absolute Gasteiger partial charge is 0.142 e. The molecule has 0 aliphatic carbocycles. The van der Waals surface area contributed by atoms with E-state index in [-0.39, 0.29) is 0 Å². The number of nitrogens with two attached hydrogens (primary N) is 1. The summed E-state index contributed by atoms with van der Waals surface area (Å²) in [6.07, 6.45) is 0. The molecule has 0 bridgehead atoms. The lowest BCUT2D eigenvalue weighted by molar-refractivity contribution is 0.796. The van der Waals surface area contributed by atoms with Crippen molar-refractivity contribution in [1.29, 1.82) is 0 Å². The van der Waals surface area contributed by atoms with E-state index < -0.39 is 0 Å². The van der Waals surface area contributed by atoms with Gasteiger partial charge in [-0.3, -0.25) is 0 Å². The molecule has 2 aromatic heterocycles. The van der Waals surface area contributed by atoms with Crippen molar-refractivity contribution in [2.24, 2.45) is 5.73 Å². The van der Waals surface area contributed by atoms with Crippen LogP contribution in [0.1, 0.15) is 18.1 Å². The normalized spacial score (nSPS) is 11.3. The van der Waals surface area contributed by atoms with Crippen LogP contribution in [0.2, 0.25) is 0 Å². The van der Waals surface area contributed by atoms with Gasteiger partial charge in [0.05, 0.1) is 11.0 Å². The second-order valence-electron chi connectivity index (χ2n) is 4.68. The van der Waals surface area contributed by atoms with Crippen LogP contribution >= 0.6 is 11.3 Å². The lowest BCUT2D eigenvalue weighted by atomic mass is 10.2. The fourth-order valence-electron chi connectivity index (χ4n) is 2.42. The Bertz CT molecular complexity index is 724. The first-order chi connectivity index (χ1) is 9.24. The quantitative estimate of drug-likeness (QED) is 0.791. The van der Waals surface area contributed by atoms with Crippen molar-refractivity contribution < 1.29 is 0 Å². The lowest BCUT2D eigenvalue weighted by Crippen LogP contribution is -1.98. The van der Waals surface area contributed by atoms with Crippen LogP contribution in [0.5, 0.6) is 0 Å². The van der Waals surface area contributed by atoms with Crippen molar-refractivity contribution in [2.75, 3.05) is 0 Å². The molecule has 2 N–H and O–H groups in total. The van der Waals surface area contributed by atoms with Crippen LogP contribution in [0.15, 0.2) is 29.0 Å². The molecule has 0 radical (unpaired) electrons. The van der Waals surface area contributed by atoms with Crippen LogP contribution < -0.4 is 5.73 Å². The van der Waals surface area contributed by atoms with Gasteiger partial charge in [0.15, 0.2) is 0 Å². The van der Waals surface area contributed by atoms with Crippen molar-refractivity contribution in [3.05, 3.63) is 40.1 Å². The predicted octanol–water partition coefficient (Wildman–Crippen LogP) is 3.55. The Morgan fingerprint density at radius 3 is 2.79 bits per heavy atom. The minimum atomic E-state index is 0.557. The Balaban J connectivity index is 2.27. The molecule has 1 aromatic carbocycles. The van der Waals surface area contributed by atoms with Crippen molar-refractivity contribution in [1.82, 2.24) is 9.55 Å². The Morgan fingerprint density at radius 1 is 1.32 bits per heavy atom. The van der Waals surface area contributed by atoms with E-state index in [1.807, 2.05) is 0 Å². The first-order valence-corrected chi connectivity index (χ1v) is 7.41. The highest BCUT2D eigenvalue weighted by atomic mass is 32.1. The maximum absolute atomic E-state index is 5.70. The summed E-state index contributed by atoms with van der Waals surface area (Å²) in [6, 6.07) is 6.30. The summed E-state index contributed by atoms with van der Waals surface area (Å²) >= 11 is 1.72. The Hall–Kier alpha value is -1.65. The van der Waals surface area contributed by atoms with Crippen molar-refractivity contribution in [3.63, 3.8) is 0 Å². The highest BCUT2D eigenvalue weighted by molar-refractivity contribution is 7.08. The van der Waals surface area contributed by atoms with Crippen LogP contribution in [-0.4, -0.2) is 9.55 Å². The molecule has 2 heterocycles. The molecular formula is C15H17N3S. The molecule has 19 heavy (non-hydrogen) atoms. The van der Waals surface area contributed by atoms with E-state index in [2.05, 4.69) is 47.4 Å². The van der Waals surface area contributed by atoms with E-state index in [9.17, 15) is 0 Å². The van der Waals surface area contributed by atoms with E-state index in [4.69, 9.17) is 10.7 Å². The topological polar surface area (TPSA) is 43.8 Å². The largest absolute Gasteiger partial charge is 0.326 e. The van der Waals surface area contributed by atoms with E-state index in [0.29, 0.717) is 6.54 Å². The number of aryl methyl sites for hydroxylation is 2. The van der Waals surface area contributed by atoms with Gasteiger partial charge in [-0.05, 0) is 42.5 Å². The van der Waals surface area contributed by atoms with Gasteiger partial charge in [0.25, 0.3) is 0 Å². The first kappa shape index (κ1) is 12.4. The van der Waals surface area contributed by atoms with Gasteiger partial charge < -0.3 is 10.3 Å². The summed E-state index contributed by atoms with van der Waals surface area (Å²) in [5.41, 5.74) is 11.6. The second-order valence-corrected chi connectivity index (χ2v) is 5.42. The average Bonchev–Trinajstić information content (AvgIpc) is 3.00. The molecule has 3 aromatic rings. The summed E-state index contributed by atoms with van der Waals surface area (Å²) in [6.45, 7) is 5.77. The summed E-state index contributed by atoms with van der Waals surface area (Å²) in [5, 5.41) is 4.34. The summed E-state index contributed by atoms with van der Waals surface area (Å²) < 4.78 is 2.27. The molecule has 0 amide bonds. The van der Waals surface area contributed by atoms with Crippen LogP contribution in [-0.2, 0) is 13.1 Å². The maximum Gasteiger partial charge on any atom is 0.142 e. The Kier molecular flexibility index (Phi) is 3.12. The number of thiophene rings is 1. The van der Waals surface area contributed by atoms with Gasteiger partial charge in [-0.2, -0.15) is 11.3 Å². The molecule has 4 heteroatoms. The highest BCUT2D eigenvalue weighted by Crippen LogP contribution is 2.29. The zero-order valence-electron chi connectivity index (χ0n) is 11.2. The molecule has 3 rings (SSSR count). The molecule has 0 unspecified atom stereocenters. The number of imidazole rings is 1. The molecule has 98 valence electrons. The van der Waals surface area contributed by atoms with Gasteiger partial charge in [-0.1, -0.05) is 6.07 Å². The molecule has 0 fully saturated rings. The molecule has 0 aliphatic rings. The highest BCUT2D eigenvalue weighted by Gasteiger charge is 2.14. The van der Waals surface area contributed by atoms with Crippen molar-refractivity contribution >= 4 is 22.4 Å². The summed E-state index contributed by atoms with van der Waals surface area (Å²) in [4.78, 5) is 4.81. The molecule has 0 saturated heterocycles.